The van der Waals surface area contributed by atoms with Gasteiger partial charge in [0.1, 0.15) is 12.4 Å². The highest BCUT2D eigenvalue weighted by Crippen LogP contribution is 2.22. The zero-order valence-electron chi connectivity index (χ0n) is 19.1. The molecule has 2 aromatic heterocycles. The van der Waals surface area contributed by atoms with E-state index in [2.05, 4.69) is 27.1 Å². The van der Waals surface area contributed by atoms with Crippen molar-refractivity contribution in [1.82, 2.24) is 15.4 Å². The third-order valence-electron chi connectivity index (χ3n) is 4.99. The third kappa shape index (κ3) is 6.84. The molecule has 0 unspecified atom stereocenters. The molecule has 0 radical (unpaired) electrons. The topological polar surface area (TPSA) is 113 Å². The number of amides is 2. The number of carbonyl (C=O) groups is 2. The van der Waals surface area contributed by atoms with Gasteiger partial charge in [-0.05, 0) is 42.0 Å². The van der Waals surface area contributed by atoms with Crippen molar-refractivity contribution in [2.45, 2.75) is 6.61 Å². The van der Waals surface area contributed by atoms with E-state index in [1.807, 2.05) is 66.7 Å². The fourth-order valence-electron chi connectivity index (χ4n) is 3.26. The van der Waals surface area contributed by atoms with E-state index in [-0.39, 0.29) is 24.6 Å². The summed E-state index contributed by atoms with van der Waals surface area (Å²) in [6.45, 7) is 0.0998. The fraction of sp³-hybridized carbons (Fsp3) is 0.0714. The van der Waals surface area contributed by atoms with E-state index in [4.69, 9.17) is 9.94 Å². The van der Waals surface area contributed by atoms with Crippen LogP contribution >= 0.6 is 0 Å². The number of hydrogen-bond donors (Lipinski definition) is 3. The van der Waals surface area contributed by atoms with E-state index >= 15 is 0 Å². The molecule has 0 aliphatic heterocycles. The van der Waals surface area contributed by atoms with E-state index in [0.717, 1.165) is 16.7 Å². The Hall–Kier alpha value is -4.84. The molecule has 0 saturated heterocycles. The average molecular weight is 479 g/mol. The highest BCUT2D eigenvalue weighted by atomic mass is 16.5. The molecule has 2 amide bonds. The standard InChI is InChI=1S/C28H22N4O4/c33-27(19-36-18-22-5-2-1-3-6-22)31-26-16-24(28(34)32-35)15-25(30-26)23-12-10-20(11-13-23)8-9-21-7-4-14-29-17-21/h1-7,10-17,35H,18-19H2,(H,32,34)(H,30,31,33). The van der Waals surface area contributed by atoms with Gasteiger partial charge in [0.25, 0.3) is 11.8 Å². The van der Waals surface area contributed by atoms with E-state index in [1.54, 1.807) is 17.9 Å². The predicted octanol–water partition coefficient (Wildman–Crippen LogP) is 3.82. The second-order valence-corrected chi connectivity index (χ2v) is 7.66. The molecule has 0 fully saturated rings. The van der Waals surface area contributed by atoms with E-state index < -0.39 is 11.8 Å². The highest BCUT2D eigenvalue weighted by molar-refractivity contribution is 5.97. The number of nitrogens with zero attached hydrogens (tertiary/aromatic N) is 2. The summed E-state index contributed by atoms with van der Waals surface area (Å²) in [5, 5.41) is 11.7. The largest absolute Gasteiger partial charge is 0.367 e. The van der Waals surface area contributed by atoms with Gasteiger partial charge in [0.05, 0.1) is 12.3 Å². The molecule has 0 aliphatic carbocycles. The van der Waals surface area contributed by atoms with E-state index in [1.165, 1.54) is 12.1 Å². The Labute approximate surface area is 208 Å². The van der Waals surface area contributed by atoms with Crippen molar-refractivity contribution >= 4 is 17.6 Å². The number of rotatable bonds is 7. The van der Waals surface area contributed by atoms with Crippen molar-refractivity contribution in [1.29, 1.82) is 0 Å². The van der Waals surface area contributed by atoms with Crippen molar-refractivity contribution in [3.05, 3.63) is 114 Å². The first-order valence-electron chi connectivity index (χ1n) is 11.0. The lowest BCUT2D eigenvalue weighted by molar-refractivity contribution is -0.121. The smallest absolute Gasteiger partial charge is 0.274 e. The maximum atomic E-state index is 12.4. The number of hydrogen-bond acceptors (Lipinski definition) is 6. The van der Waals surface area contributed by atoms with Gasteiger partial charge in [0.2, 0.25) is 0 Å². The summed E-state index contributed by atoms with van der Waals surface area (Å²) in [6.07, 6.45) is 3.37. The molecule has 3 N–H and O–H groups in total. The third-order valence-corrected chi connectivity index (χ3v) is 4.99. The van der Waals surface area contributed by atoms with Crippen LogP contribution in [0.1, 0.15) is 27.0 Å². The van der Waals surface area contributed by atoms with Crippen molar-refractivity contribution in [2.24, 2.45) is 0 Å². The van der Waals surface area contributed by atoms with Gasteiger partial charge in [-0.25, -0.2) is 10.5 Å². The number of hydroxylamine groups is 1. The van der Waals surface area contributed by atoms with Crippen LogP contribution in [0.15, 0.2) is 91.3 Å². The minimum Gasteiger partial charge on any atom is -0.367 e. The highest BCUT2D eigenvalue weighted by Gasteiger charge is 2.13. The van der Waals surface area contributed by atoms with Crippen LogP contribution in [0.5, 0.6) is 0 Å². The van der Waals surface area contributed by atoms with Crippen LogP contribution in [0, 0.1) is 11.8 Å². The predicted molar refractivity (Wildman–Crippen MR) is 134 cm³/mol. The van der Waals surface area contributed by atoms with Gasteiger partial charge < -0.3 is 10.1 Å². The molecule has 0 spiro atoms. The molecule has 178 valence electrons. The molecule has 2 heterocycles. The summed E-state index contributed by atoms with van der Waals surface area (Å²) in [7, 11) is 0. The molecule has 4 aromatic rings. The number of anilines is 1. The van der Waals surface area contributed by atoms with Crippen molar-refractivity contribution in [3.8, 4) is 23.1 Å². The molecular weight excluding hydrogens is 456 g/mol. The zero-order chi connectivity index (χ0) is 25.2. The first-order valence-corrected chi connectivity index (χ1v) is 11.0. The van der Waals surface area contributed by atoms with E-state index in [0.29, 0.717) is 11.3 Å². The van der Waals surface area contributed by atoms with Gasteiger partial charge in [-0.2, -0.15) is 0 Å². The number of aromatic nitrogens is 2. The molecular formula is C28H22N4O4. The molecule has 4 rings (SSSR count). The van der Waals surface area contributed by atoms with Crippen LogP contribution in [0.2, 0.25) is 0 Å². The minimum atomic E-state index is -0.728. The van der Waals surface area contributed by atoms with Gasteiger partial charge in [0.15, 0.2) is 0 Å². The Kier molecular flexibility index (Phi) is 8.12. The first kappa shape index (κ1) is 24.3. The Bertz CT molecular complexity index is 1400. The number of ether oxygens (including phenoxy) is 1. The second-order valence-electron chi connectivity index (χ2n) is 7.66. The zero-order valence-corrected chi connectivity index (χ0v) is 19.1. The maximum absolute atomic E-state index is 12.4. The molecule has 0 saturated carbocycles. The number of nitrogens with one attached hydrogen (secondary N) is 2. The van der Waals surface area contributed by atoms with Gasteiger partial charge in [-0.15, -0.1) is 0 Å². The lowest BCUT2D eigenvalue weighted by Crippen LogP contribution is -2.21. The Morgan fingerprint density at radius 3 is 2.42 bits per heavy atom. The quantitative estimate of drug-likeness (QED) is 0.211. The Balaban J connectivity index is 1.48. The van der Waals surface area contributed by atoms with Crippen LogP contribution < -0.4 is 10.8 Å². The van der Waals surface area contributed by atoms with Crippen LogP contribution in [0.25, 0.3) is 11.3 Å². The molecule has 0 aliphatic rings. The molecule has 0 bridgehead atoms. The van der Waals surface area contributed by atoms with Crippen LogP contribution in [0.3, 0.4) is 0 Å². The lowest BCUT2D eigenvalue weighted by Gasteiger charge is -2.10. The summed E-state index contributed by atoms with van der Waals surface area (Å²) in [6, 6.07) is 23.3. The summed E-state index contributed by atoms with van der Waals surface area (Å²) in [4.78, 5) is 33.0. The molecule has 8 heteroatoms. The van der Waals surface area contributed by atoms with Crippen molar-refractivity contribution in [2.75, 3.05) is 11.9 Å². The van der Waals surface area contributed by atoms with Crippen LogP contribution in [-0.4, -0.2) is 33.6 Å². The second kappa shape index (κ2) is 12.0. The number of carbonyl (C=O) groups excluding carboxylic acids is 2. The number of benzene rings is 2. The maximum Gasteiger partial charge on any atom is 0.274 e. The Morgan fingerprint density at radius 1 is 0.917 bits per heavy atom. The summed E-state index contributed by atoms with van der Waals surface area (Å²) in [5.41, 5.74) is 5.41. The summed E-state index contributed by atoms with van der Waals surface area (Å²) < 4.78 is 5.46. The monoisotopic (exact) mass is 478 g/mol. The van der Waals surface area contributed by atoms with Crippen molar-refractivity contribution in [3.63, 3.8) is 0 Å². The normalized spacial score (nSPS) is 10.1. The Morgan fingerprint density at radius 2 is 1.69 bits per heavy atom. The lowest BCUT2D eigenvalue weighted by atomic mass is 10.1. The summed E-state index contributed by atoms with van der Waals surface area (Å²) >= 11 is 0. The van der Waals surface area contributed by atoms with Crippen LogP contribution in [0.4, 0.5) is 5.82 Å². The van der Waals surface area contributed by atoms with Gasteiger partial charge in [-0.3, -0.25) is 19.8 Å². The van der Waals surface area contributed by atoms with E-state index in [9.17, 15) is 9.59 Å². The van der Waals surface area contributed by atoms with Gasteiger partial charge in [0, 0.05) is 34.6 Å². The van der Waals surface area contributed by atoms with Crippen molar-refractivity contribution < 1.29 is 19.5 Å². The molecule has 8 nitrogen and oxygen atoms in total. The molecule has 2 aromatic carbocycles. The van der Waals surface area contributed by atoms with Gasteiger partial charge in [-0.1, -0.05) is 54.3 Å². The average Bonchev–Trinajstić information content (AvgIpc) is 2.92. The number of pyridine rings is 2. The summed E-state index contributed by atoms with van der Waals surface area (Å²) in [5.74, 6) is 5.11. The fourth-order valence-corrected chi connectivity index (χ4v) is 3.26. The molecule has 0 atom stereocenters. The SMILES string of the molecule is O=C(COCc1ccccc1)Nc1cc(C(=O)NO)cc(-c2ccc(C#Cc3cccnc3)cc2)n1. The van der Waals surface area contributed by atoms with Crippen LogP contribution in [-0.2, 0) is 16.1 Å². The van der Waals surface area contributed by atoms with Gasteiger partial charge >= 0.3 is 0 Å². The molecule has 36 heavy (non-hydrogen) atoms. The minimum absolute atomic E-state index is 0.128. The first-order chi connectivity index (χ1) is 17.6.